The molecule has 1 heterocycles. The minimum atomic E-state index is -0.00231. The minimum Gasteiger partial charge on any atom is -0.276 e. The second kappa shape index (κ2) is 1.91. The van der Waals surface area contributed by atoms with E-state index < -0.39 is 0 Å². The van der Waals surface area contributed by atoms with E-state index in [2.05, 4.69) is 0 Å². The molecule has 0 aliphatic rings. The third kappa shape index (κ3) is 0.928. The van der Waals surface area contributed by atoms with Crippen LogP contribution in [-0.2, 0) is 0 Å². The zero-order chi connectivity index (χ0) is 6.15. The topological polar surface area (TPSA) is 22.0 Å². The average Bonchev–Trinajstić information content (AvgIpc) is 1.85. The molecule has 0 saturated heterocycles. The Bertz CT molecular complexity index is 216. The van der Waals surface area contributed by atoms with E-state index in [0.717, 1.165) is 17.2 Å². The number of halogens is 1. The molecule has 0 aliphatic heterocycles. The van der Waals surface area contributed by atoms with Gasteiger partial charge in [0.25, 0.3) is 4.74 Å². The van der Waals surface area contributed by atoms with Crippen LogP contribution >= 0.6 is 23.3 Å². The van der Waals surface area contributed by atoms with Gasteiger partial charge in [-0.2, -0.15) is 0 Å². The number of rotatable bonds is 0. The van der Waals surface area contributed by atoms with Gasteiger partial charge in [-0.05, 0) is 6.92 Å². The molecular weight excluding hydrogens is 146 g/mol. The number of aromatic nitrogens is 1. The van der Waals surface area contributed by atoms with Crippen LogP contribution in [0.25, 0.3) is 0 Å². The van der Waals surface area contributed by atoms with Crippen LogP contribution in [0.1, 0.15) is 5.69 Å². The van der Waals surface area contributed by atoms with Crippen molar-refractivity contribution in [3.8, 4) is 0 Å². The normalized spacial score (nSPS) is 9.75. The fourth-order valence-corrected chi connectivity index (χ4v) is 1.23. The van der Waals surface area contributed by atoms with Gasteiger partial charge in [-0.3, -0.25) is 4.79 Å². The molecule has 0 N–H and O–H groups in total. The highest BCUT2D eigenvalue weighted by Crippen LogP contribution is 2.00. The lowest BCUT2D eigenvalue weighted by Crippen LogP contribution is -1.80. The van der Waals surface area contributed by atoms with Crippen molar-refractivity contribution in [1.82, 2.24) is 3.48 Å². The second-order valence-corrected chi connectivity index (χ2v) is 2.93. The third-order valence-electron chi connectivity index (χ3n) is 0.774. The van der Waals surface area contributed by atoms with Crippen LogP contribution in [0.4, 0.5) is 0 Å². The Morgan fingerprint density at radius 1 is 1.88 bits per heavy atom. The molecule has 0 saturated carbocycles. The summed E-state index contributed by atoms with van der Waals surface area (Å²) >= 11 is 6.46. The third-order valence-corrected chi connectivity index (χ3v) is 1.99. The molecule has 2 nitrogen and oxygen atoms in total. The van der Waals surface area contributed by atoms with E-state index in [1.807, 2.05) is 0 Å². The summed E-state index contributed by atoms with van der Waals surface area (Å²) in [5.41, 5.74) is 0.793. The van der Waals surface area contributed by atoms with Gasteiger partial charge in [-0.25, -0.2) is 3.48 Å². The van der Waals surface area contributed by atoms with Gasteiger partial charge in [0.2, 0.25) is 0 Å². The second-order valence-electron chi connectivity index (χ2n) is 1.44. The summed E-state index contributed by atoms with van der Waals surface area (Å²) < 4.78 is 1.32. The van der Waals surface area contributed by atoms with Crippen molar-refractivity contribution in [3.05, 3.63) is 21.3 Å². The Morgan fingerprint density at radius 3 is 2.62 bits per heavy atom. The van der Waals surface area contributed by atoms with Gasteiger partial charge in [0.1, 0.15) is 0 Å². The van der Waals surface area contributed by atoms with Gasteiger partial charge in [-0.15, -0.1) is 0 Å². The van der Waals surface area contributed by atoms with Crippen molar-refractivity contribution in [2.24, 2.45) is 0 Å². The molecule has 0 atom stereocenters. The molecule has 0 radical (unpaired) electrons. The van der Waals surface area contributed by atoms with Crippen molar-refractivity contribution >= 4 is 23.3 Å². The average molecular weight is 150 g/mol. The van der Waals surface area contributed by atoms with Crippen LogP contribution in [0.2, 0.25) is 0 Å². The van der Waals surface area contributed by atoms with Gasteiger partial charge in [0.15, 0.2) is 0 Å². The molecule has 44 valence electrons. The molecule has 0 unspecified atom stereocenters. The standard InChI is InChI=1S/C4H4ClNOS/c1-3-2-4(7)8-6(3)5/h2H,1H3. The Labute approximate surface area is 55.6 Å². The van der Waals surface area contributed by atoms with Crippen molar-refractivity contribution in [1.29, 1.82) is 0 Å². The molecule has 0 aromatic carbocycles. The summed E-state index contributed by atoms with van der Waals surface area (Å²) in [6, 6.07) is 1.50. The molecule has 8 heavy (non-hydrogen) atoms. The van der Waals surface area contributed by atoms with E-state index in [1.165, 1.54) is 9.54 Å². The van der Waals surface area contributed by atoms with Gasteiger partial charge in [0.05, 0.1) is 0 Å². The van der Waals surface area contributed by atoms with E-state index in [4.69, 9.17) is 11.8 Å². The predicted octanol–water partition coefficient (Wildman–Crippen LogP) is 1.22. The van der Waals surface area contributed by atoms with E-state index in [0.29, 0.717) is 0 Å². The van der Waals surface area contributed by atoms with Crippen molar-refractivity contribution in [2.75, 3.05) is 0 Å². The molecule has 0 bridgehead atoms. The molecular formula is C4H4ClNOS. The molecule has 1 rings (SSSR count). The first kappa shape index (κ1) is 5.85. The van der Waals surface area contributed by atoms with E-state index in [1.54, 1.807) is 6.92 Å². The molecule has 0 amide bonds. The van der Waals surface area contributed by atoms with Crippen LogP contribution in [0.5, 0.6) is 0 Å². The first-order chi connectivity index (χ1) is 3.70. The zero-order valence-corrected chi connectivity index (χ0v) is 5.79. The van der Waals surface area contributed by atoms with E-state index in [-0.39, 0.29) is 4.74 Å². The summed E-state index contributed by atoms with van der Waals surface area (Å²) in [4.78, 5) is 10.4. The maximum atomic E-state index is 10.4. The van der Waals surface area contributed by atoms with Crippen LogP contribution in [0.15, 0.2) is 10.9 Å². The molecule has 0 aliphatic carbocycles. The number of aryl methyl sites for hydroxylation is 1. The van der Waals surface area contributed by atoms with Crippen molar-refractivity contribution in [2.45, 2.75) is 6.92 Å². The van der Waals surface area contributed by atoms with Crippen molar-refractivity contribution in [3.63, 3.8) is 0 Å². The number of hydrogen-bond donors (Lipinski definition) is 0. The highest BCUT2D eigenvalue weighted by Gasteiger charge is 1.93. The molecule has 0 spiro atoms. The molecule has 1 aromatic rings. The van der Waals surface area contributed by atoms with E-state index >= 15 is 0 Å². The van der Waals surface area contributed by atoms with Gasteiger partial charge < -0.3 is 0 Å². The van der Waals surface area contributed by atoms with Gasteiger partial charge >= 0.3 is 0 Å². The fourth-order valence-electron chi connectivity index (χ4n) is 0.399. The van der Waals surface area contributed by atoms with Crippen LogP contribution < -0.4 is 4.74 Å². The van der Waals surface area contributed by atoms with Crippen LogP contribution in [0, 0.1) is 6.92 Å². The first-order valence-electron chi connectivity index (χ1n) is 2.06. The smallest absolute Gasteiger partial charge is 0.251 e. The Balaban J connectivity index is 3.35. The molecule has 4 heteroatoms. The van der Waals surface area contributed by atoms with E-state index in [9.17, 15) is 4.79 Å². The highest BCUT2D eigenvalue weighted by molar-refractivity contribution is 7.06. The lowest BCUT2D eigenvalue weighted by molar-refractivity contribution is 1.25. The lowest BCUT2D eigenvalue weighted by Gasteiger charge is -1.82. The minimum absolute atomic E-state index is 0.00231. The summed E-state index contributed by atoms with van der Waals surface area (Å²) in [6.07, 6.45) is 0. The predicted molar refractivity (Wildman–Crippen MR) is 34.6 cm³/mol. The maximum absolute atomic E-state index is 10.4. The first-order valence-corrected chi connectivity index (χ1v) is 3.17. The summed E-state index contributed by atoms with van der Waals surface area (Å²) in [6.45, 7) is 1.78. The quantitative estimate of drug-likeness (QED) is 0.544. The Kier molecular flexibility index (Phi) is 1.40. The highest BCUT2D eigenvalue weighted by atomic mass is 35.5. The number of nitrogens with zero attached hydrogens (tertiary/aromatic N) is 1. The van der Waals surface area contributed by atoms with Gasteiger partial charge in [0, 0.05) is 35.1 Å². The van der Waals surface area contributed by atoms with Crippen molar-refractivity contribution < 1.29 is 0 Å². The summed E-state index contributed by atoms with van der Waals surface area (Å²) in [5.74, 6) is 0. The lowest BCUT2D eigenvalue weighted by atomic mass is 10.5. The van der Waals surface area contributed by atoms with Crippen LogP contribution in [0.3, 0.4) is 0 Å². The monoisotopic (exact) mass is 149 g/mol. The fraction of sp³-hybridized carbons (Fsp3) is 0.250. The maximum Gasteiger partial charge on any atom is 0.251 e. The van der Waals surface area contributed by atoms with Crippen LogP contribution in [-0.4, -0.2) is 3.48 Å². The molecule has 1 aromatic heterocycles. The van der Waals surface area contributed by atoms with Gasteiger partial charge in [-0.1, -0.05) is 0 Å². The Hall–Kier alpha value is -0.280. The SMILES string of the molecule is Cc1cc(=O)sn1Cl. The molecule has 0 fully saturated rings. The zero-order valence-electron chi connectivity index (χ0n) is 4.22. The number of hydrogen-bond acceptors (Lipinski definition) is 2. The summed E-state index contributed by atoms with van der Waals surface area (Å²) in [5, 5.41) is 0. The largest absolute Gasteiger partial charge is 0.276 e. The Morgan fingerprint density at radius 2 is 2.50 bits per heavy atom. The summed E-state index contributed by atoms with van der Waals surface area (Å²) in [7, 11) is 0.